The number of hydrogen-bond donors (Lipinski definition) is 0. The largest absolute Gasteiger partial charge is 0.303 e. The molecule has 0 aliphatic carbocycles. The Labute approximate surface area is 72.9 Å². The second kappa shape index (κ2) is 3.18. The highest BCUT2D eigenvalue weighted by Gasteiger charge is 2.38. The van der Waals surface area contributed by atoms with Gasteiger partial charge in [-0.1, -0.05) is 20.8 Å². The summed E-state index contributed by atoms with van der Waals surface area (Å²) in [5.74, 6) is 2.04. The zero-order valence-corrected chi connectivity index (χ0v) is 8.28. The molecule has 0 N–H and O–H groups in total. The lowest BCUT2D eigenvalue weighted by Crippen LogP contribution is -2.28. The van der Waals surface area contributed by atoms with Crippen molar-refractivity contribution in [2.75, 3.05) is 5.75 Å². The zero-order valence-electron chi connectivity index (χ0n) is 7.46. The summed E-state index contributed by atoms with van der Waals surface area (Å²) in [5.41, 5.74) is 0. The molecule has 1 heterocycles. The molecule has 0 amide bonds. The first-order chi connectivity index (χ1) is 5.08. The number of thioether (sulfide) groups is 1. The molecule has 2 atom stereocenters. The van der Waals surface area contributed by atoms with Crippen LogP contribution in [0.5, 0.6) is 0 Å². The summed E-state index contributed by atoms with van der Waals surface area (Å²) >= 11 is 1.99. The van der Waals surface area contributed by atoms with Crippen molar-refractivity contribution in [2.24, 2.45) is 11.8 Å². The van der Waals surface area contributed by atoms with Gasteiger partial charge in [0, 0.05) is 10.7 Å². The molecule has 11 heavy (non-hydrogen) atoms. The van der Waals surface area contributed by atoms with Crippen molar-refractivity contribution in [1.29, 1.82) is 0 Å². The van der Waals surface area contributed by atoms with Crippen molar-refractivity contribution in [3.05, 3.63) is 0 Å². The molecular weight excluding hydrogens is 156 g/mol. The average Bonchev–Trinajstić information content (AvgIpc) is 2.28. The fraction of sp³-hybridized carbons (Fsp3) is 0.889. The summed E-state index contributed by atoms with van der Waals surface area (Å²) in [5, 5.41) is 0. The molecule has 0 aromatic rings. The van der Waals surface area contributed by atoms with E-state index >= 15 is 0 Å². The molecule has 0 aromatic carbocycles. The van der Waals surface area contributed by atoms with E-state index in [-0.39, 0.29) is 5.92 Å². The first-order valence-corrected chi connectivity index (χ1v) is 5.16. The van der Waals surface area contributed by atoms with Gasteiger partial charge in [0.05, 0.1) is 0 Å². The normalized spacial score (nSPS) is 31.7. The Kier molecular flexibility index (Phi) is 2.63. The minimum atomic E-state index is 0.236. The molecule has 1 rings (SSSR count). The van der Waals surface area contributed by atoms with Crippen LogP contribution in [0.15, 0.2) is 0 Å². The average molecular weight is 172 g/mol. The number of aldehydes is 1. The van der Waals surface area contributed by atoms with E-state index < -0.39 is 0 Å². The third-order valence-corrected chi connectivity index (χ3v) is 4.13. The van der Waals surface area contributed by atoms with Crippen LogP contribution >= 0.6 is 11.8 Å². The molecule has 0 saturated carbocycles. The Morgan fingerprint density at radius 1 is 1.64 bits per heavy atom. The van der Waals surface area contributed by atoms with Gasteiger partial charge >= 0.3 is 0 Å². The smallest absolute Gasteiger partial charge is 0.123 e. The van der Waals surface area contributed by atoms with E-state index in [9.17, 15) is 4.79 Å². The van der Waals surface area contributed by atoms with E-state index in [0.717, 1.165) is 6.29 Å². The maximum atomic E-state index is 10.6. The van der Waals surface area contributed by atoms with Crippen molar-refractivity contribution in [1.82, 2.24) is 0 Å². The monoisotopic (exact) mass is 172 g/mol. The van der Waals surface area contributed by atoms with Crippen LogP contribution in [0.2, 0.25) is 0 Å². The summed E-state index contributed by atoms with van der Waals surface area (Å²) in [6, 6.07) is 0. The quantitative estimate of drug-likeness (QED) is 0.595. The minimum Gasteiger partial charge on any atom is -0.303 e. The molecule has 1 aliphatic rings. The molecular formula is C9H16OS. The Hall–Kier alpha value is 0.0200. The second-order valence-electron chi connectivity index (χ2n) is 3.84. The van der Waals surface area contributed by atoms with Gasteiger partial charge in [-0.05, 0) is 18.1 Å². The van der Waals surface area contributed by atoms with Crippen LogP contribution in [0.4, 0.5) is 0 Å². The topological polar surface area (TPSA) is 17.1 Å². The lowest BCUT2D eigenvalue weighted by molar-refractivity contribution is -0.112. The lowest BCUT2D eigenvalue weighted by atomic mass is 9.83. The number of carbonyl (C=O) groups is 1. The van der Waals surface area contributed by atoms with Crippen molar-refractivity contribution in [3.8, 4) is 0 Å². The van der Waals surface area contributed by atoms with Gasteiger partial charge in [-0.3, -0.25) is 0 Å². The van der Waals surface area contributed by atoms with Crippen LogP contribution < -0.4 is 0 Å². The van der Waals surface area contributed by atoms with Crippen molar-refractivity contribution in [2.45, 2.75) is 31.9 Å². The summed E-state index contributed by atoms with van der Waals surface area (Å²) in [6.07, 6.45) is 2.30. The molecule has 1 saturated heterocycles. The van der Waals surface area contributed by atoms with E-state index in [1.807, 2.05) is 18.7 Å². The molecule has 0 spiro atoms. The lowest BCUT2D eigenvalue weighted by Gasteiger charge is -2.28. The Bertz CT molecular complexity index is 154. The molecule has 2 heteroatoms. The van der Waals surface area contributed by atoms with Crippen LogP contribution in [-0.4, -0.2) is 16.8 Å². The molecule has 2 unspecified atom stereocenters. The molecule has 0 bridgehead atoms. The maximum Gasteiger partial charge on any atom is 0.123 e. The van der Waals surface area contributed by atoms with Crippen molar-refractivity contribution >= 4 is 18.0 Å². The minimum absolute atomic E-state index is 0.236. The van der Waals surface area contributed by atoms with Gasteiger partial charge in [0.2, 0.25) is 0 Å². The van der Waals surface area contributed by atoms with Crippen LogP contribution in [-0.2, 0) is 4.79 Å². The van der Waals surface area contributed by atoms with E-state index in [1.165, 1.54) is 12.2 Å². The Balaban J connectivity index is 2.64. The van der Waals surface area contributed by atoms with E-state index in [0.29, 0.717) is 10.7 Å². The number of carbonyl (C=O) groups excluding carboxylic acids is 1. The number of hydrogen-bond acceptors (Lipinski definition) is 2. The Morgan fingerprint density at radius 2 is 2.27 bits per heavy atom. The van der Waals surface area contributed by atoms with Gasteiger partial charge in [-0.15, -0.1) is 0 Å². The fourth-order valence-corrected chi connectivity index (χ4v) is 3.34. The van der Waals surface area contributed by atoms with Gasteiger partial charge in [-0.2, -0.15) is 11.8 Å². The number of rotatable bonds is 2. The standard InChI is InChI=1S/C9H16OS/c1-7(6-10)8-4-5-11-9(8,2)3/h6-8H,4-5H2,1-3H3. The van der Waals surface area contributed by atoms with Crippen molar-refractivity contribution in [3.63, 3.8) is 0 Å². The van der Waals surface area contributed by atoms with Crippen molar-refractivity contribution < 1.29 is 4.79 Å². The molecule has 64 valence electrons. The highest BCUT2D eigenvalue weighted by Crippen LogP contribution is 2.45. The molecule has 0 aromatic heterocycles. The second-order valence-corrected chi connectivity index (χ2v) is 5.59. The van der Waals surface area contributed by atoms with Gasteiger partial charge in [0.1, 0.15) is 6.29 Å². The summed E-state index contributed by atoms with van der Waals surface area (Å²) in [7, 11) is 0. The van der Waals surface area contributed by atoms with Gasteiger partial charge < -0.3 is 4.79 Å². The van der Waals surface area contributed by atoms with Gasteiger partial charge in [0.25, 0.3) is 0 Å². The first-order valence-electron chi connectivity index (χ1n) is 4.17. The van der Waals surface area contributed by atoms with Crippen LogP contribution in [0, 0.1) is 11.8 Å². The zero-order chi connectivity index (χ0) is 8.48. The van der Waals surface area contributed by atoms with E-state index in [4.69, 9.17) is 0 Å². The molecule has 1 fully saturated rings. The first kappa shape index (κ1) is 9.11. The van der Waals surface area contributed by atoms with E-state index in [2.05, 4.69) is 13.8 Å². The molecule has 1 aliphatic heterocycles. The summed E-state index contributed by atoms with van der Waals surface area (Å²) < 4.78 is 0.320. The van der Waals surface area contributed by atoms with Gasteiger partial charge in [0.15, 0.2) is 0 Å². The molecule has 0 radical (unpaired) electrons. The Morgan fingerprint density at radius 3 is 2.64 bits per heavy atom. The predicted molar refractivity (Wildman–Crippen MR) is 49.9 cm³/mol. The maximum absolute atomic E-state index is 10.6. The molecule has 1 nitrogen and oxygen atoms in total. The fourth-order valence-electron chi connectivity index (χ4n) is 1.89. The summed E-state index contributed by atoms with van der Waals surface area (Å²) in [4.78, 5) is 10.6. The summed E-state index contributed by atoms with van der Waals surface area (Å²) in [6.45, 7) is 6.52. The highest BCUT2D eigenvalue weighted by molar-refractivity contribution is 8.00. The SMILES string of the molecule is CC(C=O)C1CCSC1(C)C. The van der Waals surface area contributed by atoms with Gasteiger partial charge in [-0.25, -0.2) is 0 Å². The highest BCUT2D eigenvalue weighted by atomic mass is 32.2. The van der Waals surface area contributed by atoms with Crippen LogP contribution in [0.3, 0.4) is 0 Å². The third kappa shape index (κ3) is 1.78. The predicted octanol–water partition coefficient (Wildman–Crippen LogP) is 2.35. The van der Waals surface area contributed by atoms with E-state index in [1.54, 1.807) is 0 Å². The van der Waals surface area contributed by atoms with Crippen LogP contribution in [0.25, 0.3) is 0 Å². The third-order valence-electron chi connectivity index (χ3n) is 2.65. The van der Waals surface area contributed by atoms with Crippen LogP contribution in [0.1, 0.15) is 27.2 Å².